The Hall–Kier alpha value is -0.190. The second kappa shape index (κ2) is 6.52. The van der Waals surface area contributed by atoms with E-state index in [-0.39, 0.29) is 5.05 Å². The molecule has 0 amide bonds. The number of unbranched alkanes of at least 4 members (excludes halogenated alkanes) is 1. The number of likely N-dealkylation sites (N-methyl/N-ethyl adjacent to an activating group) is 1. The van der Waals surface area contributed by atoms with E-state index in [1.165, 1.54) is 0 Å². The zero-order chi connectivity index (χ0) is 8.69. The van der Waals surface area contributed by atoms with Gasteiger partial charge in [-0.15, -0.1) is 0 Å². The van der Waals surface area contributed by atoms with Crippen molar-refractivity contribution in [2.45, 2.75) is 12.8 Å². The average Bonchev–Trinajstić information content (AvgIpc) is 1.86. The molecule has 0 rings (SSSR count). The van der Waals surface area contributed by atoms with Crippen LogP contribution in [0.3, 0.4) is 0 Å². The lowest BCUT2D eigenvalue weighted by atomic mass is 10.3. The Labute approximate surface area is 73.2 Å². The molecule has 3 nitrogen and oxygen atoms in total. The summed E-state index contributed by atoms with van der Waals surface area (Å²) >= 11 is 4.54. The number of hydrogen-bond acceptors (Lipinski definition) is 3. The van der Waals surface area contributed by atoms with Crippen LogP contribution in [0.15, 0.2) is 0 Å². The van der Waals surface area contributed by atoms with Gasteiger partial charge in [0.05, 0.1) is 6.54 Å². The molecule has 0 aromatic carbocycles. The number of rotatable bonds is 6. The van der Waals surface area contributed by atoms with Gasteiger partial charge >= 0.3 is 0 Å². The minimum atomic E-state index is 0.0558. The quantitative estimate of drug-likeness (QED) is 0.458. The Morgan fingerprint density at radius 1 is 1.55 bits per heavy atom. The van der Waals surface area contributed by atoms with Crippen LogP contribution in [-0.2, 0) is 0 Å². The van der Waals surface area contributed by atoms with Crippen LogP contribution >= 0.6 is 12.2 Å². The van der Waals surface area contributed by atoms with Crippen LogP contribution in [0.5, 0.6) is 0 Å². The molecule has 0 unspecified atom stereocenters. The first-order chi connectivity index (χ1) is 5.16. The SMILES string of the molecule is CN(CCCCN)CC(O)=S. The maximum atomic E-state index is 8.74. The highest BCUT2D eigenvalue weighted by Gasteiger charge is 1.99. The van der Waals surface area contributed by atoms with Crippen molar-refractivity contribution in [1.29, 1.82) is 0 Å². The molecular formula is C7H16N2OS. The minimum absolute atomic E-state index is 0.0558. The molecule has 0 aliphatic heterocycles. The highest BCUT2D eigenvalue weighted by atomic mass is 32.1. The van der Waals surface area contributed by atoms with Crippen molar-refractivity contribution in [3.63, 3.8) is 0 Å². The van der Waals surface area contributed by atoms with Crippen LogP contribution in [0.4, 0.5) is 0 Å². The molecule has 0 radical (unpaired) electrons. The van der Waals surface area contributed by atoms with E-state index in [0.717, 1.165) is 25.9 Å². The predicted molar refractivity (Wildman–Crippen MR) is 51.0 cm³/mol. The predicted octanol–water partition coefficient (Wildman–Crippen LogP) is 0.543. The van der Waals surface area contributed by atoms with Gasteiger partial charge < -0.3 is 10.8 Å². The van der Waals surface area contributed by atoms with Crippen molar-refractivity contribution in [3.05, 3.63) is 0 Å². The molecule has 0 aromatic heterocycles. The fourth-order valence-electron chi connectivity index (χ4n) is 0.836. The van der Waals surface area contributed by atoms with Gasteiger partial charge in [0.2, 0.25) is 0 Å². The maximum Gasteiger partial charge on any atom is 0.170 e. The summed E-state index contributed by atoms with van der Waals surface area (Å²) < 4.78 is 0. The molecule has 0 heterocycles. The Bertz CT molecular complexity index is 119. The molecule has 0 saturated carbocycles. The summed E-state index contributed by atoms with van der Waals surface area (Å²) in [6.07, 6.45) is 2.10. The van der Waals surface area contributed by atoms with Crippen molar-refractivity contribution in [2.75, 3.05) is 26.7 Å². The first-order valence-electron chi connectivity index (χ1n) is 3.77. The number of aliphatic hydroxyl groups is 1. The van der Waals surface area contributed by atoms with E-state index < -0.39 is 0 Å². The third-order valence-electron chi connectivity index (χ3n) is 1.40. The molecule has 66 valence electrons. The lowest BCUT2D eigenvalue weighted by molar-refractivity contribution is 0.352. The highest BCUT2D eigenvalue weighted by Crippen LogP contribution is 1.90. The van der Waals surface area contributed by atoms with Gasteiger partial charge in [0.15, 0.2) is 5.05 Å². The number of thiocarbonyl (C=S) groups is 1. The minimum Gasteiger partial charge on any atom is -0.501 e. The monoisotopic (exact) mass is 176 g/mol. The standard InChI is InChI=1S/C7H16N2OS/c1-9(6-7(10)11)5-3-2-4-8/h2-6,8H2,1H3,(H,10,11). The summed E-state index contributed by atoms with van der Waals surface area (Å²) in [6, 6.07) is 0. The van der Waals surface area contributed by atoms with Crippen molar-refractivity contribution in [2.24, 2.45) is 5.73 Å². The van der Waals surface area contributed by atoms with Crippen LogP contribution in [0, 0.1) is 0 Å². The second-order valence-corrected chi connectivity index (χ2v) is 3.10. The largest absolute Gasteiger partial charge is 0.501 e. The summed E-state index contributed by atoms with van der Waals surface area (Å²) in [7, 11) is 1.93. The van der Waals surface area contributed by atoms with Gasteiger partial charge in [-0.05, 0) is 45.2 Å². The molecule has 11 heavy (non-hydrogen) atoms. The molecule has 0 aromatic rings. The third kappa shape index (κ3) is 7.71. The highest BCUT2D eigenvalue weighted by molar-refractivity contribution is 7.80. The number of hydrogen-bond donors (Lipinski definition) is 2. The average molecular weight is 176 g/mol. The summed E-state index contributed by atoms with van der Waals surface area (Å²) in [5, 5.41) is 8.80. The molecule has 4 heteroatoms. The van der Waals surface area contributed by atoms with E-state index in [0.29, 0.717) is 6.54 Å². The number of aliphatic hydroxyl groups excluding tert-OH is 1. The lowest BCUT2D eigenvalue weighted by Gasteiger charge is -2.13. The van der Waals surface area contributed by atoms with Crippen LogP contribution < -0.4 is 5.73 Å². The fourth-order valence-corrected chi connectivity index (χ4v) is 1.06. The van der Waals surface area contributed by atoms with Crippen LogP contribution in [0.2, 0.25) is 0 Å². The van der Waals surface area contributed by atoms with Gasteiger partial charge in [-0.3, -0.25) is 4.90 Å². The van der Waals surface area contributed by atoms with E-state index in [9.17, 15) is 0 Å². The van der Waals surface area contributed by atoms with Gasteiger partial charge in [-0.2, -0.15) is 0 Å². The third-order valence-corrected chi connectivity index (χ3v) is 1.53. The molecule has 0 saturated heterocycles. The van der Waals surface area contributed by atoms with E-state index in [4.69, 9.17) is 10.8 Å². The van der Waals surface area contributed by atoms with Crippen molar-refractivity contribution in [3.8, 4) is 0 Å². The fraction of sp³-hybridized carbons (Fsp3) is 0.857. The van der Waals surface area contributed by atoms with Gasteiger partial charge in [0.1, 0.15) is 0 Å². The van der Waals surface area contributed by atoms with Crippen molar-refractivity contribution >= 4 is 17.3 Å². The van der Waals surface area contributed by atoms with Crippen molar-refractivity contribution in [1.82, 2.24) is 4.90 Å². The summed E-state index contributed by atoms with van der Waals surface area (Å²) in [4.78, 5) is 1.98. The molecule has 0 fully saturated rings. The van der Waals surface area contributed by atoms with Crippen LogP contribution in [0.25, 0.3) is 0 Å². The van der Waals surface area contributed by atoms with E-state index >= 15 is 0 Å². The molecule has 0 aliphatic carbocycles. The summed E-state index contributed by atoms with van der Waals surface area (Å²) in [6.45, 7) is 2.16. The molecule has 3 N–H and O–H groups in total. The molecular weight excluding hydrogens is 160 g/mol. The van der Waals surface area contributed by atoms with E-state index in [1.807, 2.05) is 11.9 Å². The van der Waals surface area contributed by atoms with Gasteiger partial charge in [-0.25, -0.2) is 0 Å². The van der Waals surface area contributed by atoms with Crippen LogP contribution in [0.1, 0.15) is 12.8 Å². The zero-order valence-corrected chi connectivity index (χ0v) is 7.73. The summed E-state index contributed by atoms with van der Waals surface area (Å²) in [5.41, 5.74) is 5.32. The Morgan fingerprint density at radius 3 is 2.64 bits per heavy atom. The smallest absolute Gasteiger partial charge is 0.170 e. The van der Waals surface area contributed by atoms with Crippen LogP contribution in [-0.4, -0.2) is 41.7 Å². The molecule has 0 atom stereocenters. The second-order valence-electron chi connectivity index (χ2n) is 2.63. The molecule has 0 bridgehead atoms. The van der Waals surface area contributed by atoms with Crippen molar-refractivity contribution < 1.29 is 5.11 Å². The van der Waals surface area contributed by atoms with Gasteiger partial charge in [-0.1, -0.05) is 0 Å². The first-order valence-corrected chi connectivity index (χ1v) is 4.18. The van der Waals surface area contributed by atoms with Gasteiger partial charge in [0, 0.05) is 0 Å². The summed E-state index contributed by atoms with van der Waals surface area (Å²) in [5.74, 6) is 0. The first kappa shape index (κ1) is 10.8. The Balaban J connectivity index is 3.22. The van der Waals surface area contributed by atoms with E-state index in [1.54, 1.807) is 0 Å². The Morgan fingerprint density at radius 2 is 2.18 bits per heavy atom. The normalized spacial score (nSPS) is 10.5. The maximum absolute atomic E-state index is 8.74. The van der Waals surface area contributed by atoms with E-state index in [2.05, 4.69) is 12.2 Å². The van der Waals surface area contributed by atoms with Gasteiger partial charge in [0.25, 0.3) is 0 Å². The number of nitrogens with zero attached hydrogens (tertiary/aromatic N) is 1. The molecule has 0 spiro atoms. The lowest BCUT2D eigenvalue weighted by Crippen LogP contribution is -2.26. The number of nitrogens with two attached hydrogens (primary N) is 1. The topological polar surface area (TPSA) is 49.5 Å². The molecule has 0 aliphatic rings. The Kier molecular flexibility index (Phi) is 6.40. The zero-order valence-electron chi connectivity index (χ0n) is 6.92.